The number of likely N-dealkylation sites (tertiary alicyclic amines) is 1. The zero-order valence-electron chi connectivity index (χ0n) is 22.3. The number of para-hydroxylation sites is 1. The first-order valence-corrected chi connectivity index (χ1v) is 13.6. The largest absolute Gasteiger partial charge is 0.497 e. The summed E-state index contributed by atoms with van der Waals surface area (Å²) in [6.07, 6.45) is 1.49. The predicted molar refractivity (Wildman–Crippen MR) is 149 cm³/mol. The van der Waals surface area contributed by atoms with Crippen molar-refractivity contribution in [3.63, 3.8) is 0 Å². The molecule has 202 valence electrons. The van der Waals surface area contributed by atoms with Crippen molar-refractivity contribution in [2.24, 2.45) is 0 Å². The van der Waals surface area contributed by atoms with Crippen LogP contribution in [-0.4, -0.2) is 78.7 Å². The van der Waals surface area contributed by atoms with E-state index >= 15 is 0 Å². The average molecular weight is 527 g/mol. The van der Waals surface area contributed by atoms with Crippen LogP contribution >= 0.6 is 0 Å². The number of rotatable bonds is 7. The van der Waals surface area contributed by atoms with Crippen molar-refractivity contribution in [3.8, 4) is 11.5 Å². The topological polar surface area (TPSA) is 65.6 Å². The highest BCUT2D eigenvalue weighted by molar-refractivity contribution is 5.98. The zero-order chi connectivity index (χ0) is 26.8. The second-order valence-electron chi connectivity index (χ2n) is 10.5. The molecular formula is C31H34N4O4. The maximum atomic E-state index is 14.0. The van der Waals surface area contributed by atoms with Gasteiger partial charge in [-0.25, -0.2) is 0 Å². The summed E-state index contributed by atoms with van der Waals surface area (Å²) in [4.78, 5) is 35.5. The summed E-state index contributed by atoms with van der Waals surface area (Å²) in [6.45, 7) is 4.32. The van der Waals surface area contributed by atoms with E-state index in [2.05, 4.69) is 34.1 Å². The van der Waals surface area contributed by atoms with Gasteiger partial charge in [0, 0.05) is 38.4 Å². The van der Waals surface area contributed by atoms with Crippen LogP contribution in [0.3, 0.4) is 0 Å². The van der Waals surface area contributed by atoms with Gasteiger partial charge in [-0.3, -0.25) is 9.59 Å². The Bertz CT molecular complexity index is 1320. The van der Waals surface area contributed by atoms with Gasteiger partial charge < -0.3 is 29.1 Å². The summed E-state index contributed by atoms with van der Waals surface area (Å²) in [5.74, 6) is 1.40. The van der Waals surface area contributed by atoms with Crippen molar-refractivity contribution in [1.29, 1.82) is 0 Å². The molecule has 0 bridgehead atoms. The Labute approximate surface area is 229 Å². The minimum Gasteiger partial charge on any atom is -0.497 e. The lowest BCUT2D eigenvalue weighted by Crippen LogP contribution is -2.57. The highest BCUT2D eigenvalue weighted by Gasteiger charge is 2.53. The molecule has 8 nitrogen and oxygen atoms in total. The van der Waals surface area contributed by atoms with Gasteiger partial charge in [-0.1, -0.05) is 48.5 Å². The third-order valence-electron chi connectivity index (χ3n) is 8.25. The molecule has 0 aromatic heterocycles. The monoisotopic (exact) mass is 526 g/mol. The molecule has 1 spiro atoms. The first kappa shape index (κ1) is 25.2. The number of anilines is 1. The summed E-state index contributed by atoms with van der Waals surface area (Å²) in [5.41, 5.74) is 2.21. The number of carbonyl (C=O) groups is 2. The number of methoxy groups -OCH3 is 1. The van der Waals surface area contributed by atoms with Crippen LogP contribution in [0.4, 0.5) is 5.69 Å². The molecule has 3 aliphatic rings. The Morgan fingerprint density at radius 2 is 1.59 bits per heavy atom. The van der Waals surface area contributed by atoms with E-state index in [0.29, 0.717) is 36.8 Å². The van der Waals surface area contributed by atoms with E-state index in [-0.39, 0.29) is 18.5 Å². The van der Waals surface area contributed by atoms with Gasteiger partial charge in [-0.15, -0.1) is 0 Å². The van der Waals surface area contributed by atoms with Crippen molar-refractivity contribution in [3.05, 3.63) is 90.0 Å². The van der Waals surface area contributed by atoms with Crippen LogP contribution in [0.5, 0.6) is 11.5 Å². The molecule has 3 aromatic rings. The van der Waals surface area contributed by atoms with E-state index in [9.17, 15) is 9.59 Å². The van der Waals surface area contributed by atoms with Crippen molar-refractivity contribution in [1.82, 2.24) is 14.7 Å². The molecule has 0 unspecified atom stereocenters. The van der Waals surface area contributed by atoms with Gasteiger partial charge in [0.15, 0.2) is 6.73 Å². The van der Waals surface area contributed by atoms with Gasteiger partial charge in [0.05, 0.1) is 19.3 Å². The summed E-state index contributed by atoms with van der Waals surface area (Å²) in [7, 11) is 1.59. The Hall–Kier alpha value is -4.04. The van der Waals surface area contributed by atoms with Crippen LogP contribution in [0, 0.1) is 0 Å². The minimum absolute atomic E-state index is 0.0404. The van der Waals surface area contributed by atoms with Crippen molar-refractivity contribution in [2.75, 3.05) is 51.6 Å². The molecule has 8 heteroatoms. The minimum atomic E-state index is -0.549. The SMILES string of the molecule is COc1ccc2c(c1)C(=O)N(CCN1CCC3(CC1)C(=O)N(Cc1ccccc1)CN3c1ccccc1)CO2. The number of hydrogen-bond acceptors (Lipinski definition) is 6. The Morgan fingerprint density at radius 3 is 2.31 bits per heavy atom. The normalized spacial score (nSPS) is 18.8. The third kappa shape index (κ3) is 4.81. The fraction of sp³-hybridized carbons (Fsp3) is 0.355. The number of piperidine rings is 1. The molecule has 0 atom stereocenters. The van der Waals surface area contributed by atoms with E-state index in [1.165, 1.54) is 0 Å². The first-order valence-electron chi connectivity index (χ1n) is 13.6. The highest BCUT2D eigenvalue weighted by Crippen LogP contribution is 2.40. The fourth-order valence-electron chi connectivity index (χ4n) is 6.01. The second-order valence-corrected chi connectivity index (χ2v) is 10.5. The van der Waals surface area contributed by atoms with Gasteiger partial charge in [-0.05, 0) is 48.7 Å². The summed E-state index contributed by atoms with van der Waals surface area (Å²) < 4.78 is 11.1. The fourth-order valence-corrected chi connectivity index (χ4v) is 6.01. The molecule has 39 heavy (non-hydrogen) atoms. The van der Waals surface area contributed by atoms with Crippen LogP contribution in [0.25, 0.3) is 0 Å². The maximum Gasteiger partial charge on any atom is 0.260 e. The Kier molecular flexibility index (Phi) is 6.87. The lowest BCUT2D eigenvalue weighted by molar-refractivity contribution is -0.134. The van der Waals surface area contributed by atoms with Gasteiger partial charge in [0.2, 0.25) is 5.91 Å². The van der Waals surface area contributed by atoms with E-state index in [0.717, 1.165) is 43.7 Å². The lowest BCUT2D eigenvalue weighted by atomic mass is 9.85. The van der Waals surface area contributed by atoms with Gasteiger partial charge >= 0.3 is 0 Å². The number of amides is 2. The van der Waals surface area contributed by atoms with Crippen LogP contribution in [-0.2, 0) is 11.3 Å². The second kappa shape index (κ2) is 10.6. The molecule has 0 saturated carbocycles. The molecule has 2 saturated heterocycles. The van der Waals surface area contributed by atoms with Crippen LogP contribution in [0.2, 0.25) is 0 Å². The van der Waals surface area contributed by atoms with Gasteiger partial charge in [-0.2, -0.15) is 0 Å². The van der Waals surface area contributed by atoms with Crippen LogP contribution < -0.4 is 14.4 Å². The number of ether oxygens (including phenoxy) is 2. The highest BCUT2D eigenvalue weighted by atomic mass is 16.5. The molecule has 0 N–H and O–H groups in total. The van der Waals surface area contributed by atoms with E-state index in [1.54, 1.807) is 30.2 Å². The quantitative estimate of drug-likeness (QED) is 0.466. The van der Waals surface area contributed by atoms with Gasteiger partial charge in [0.1, 0.15) is 17.0 Å². The molecule has 0 aliphatic carbocycles. The number of nitrogens with zero attached hydrogens (tertiary/aromatic N) is 4. The van der Waals surface area contributed by atoms with Crippen molar-refractivity contribution in [2.45, 2.75) is 24.9 Å². The van der Waals surface area contributed by atoms with Gasteiger partial charge in [0.25, 0.3) is 5.91 Å². The standard InChI is InChI=1S/C31H34N4O4/c1-38-26-12-13-28-27(20-26)29(36)33(23-39-28)19-18-32-16-14-31(15-17-32)30(37)34(21-24-8-4-2-5-9-24)22-35(31)25-10-6-3-7-11-25/h2-13,20H,14-19,21-23H2,1H3. The molecule has 3 aromatic carbocycles. The lowest BCUT2D eigenvalue weighted by Gasteiger charge is -2.43. The molecule has 3 aliphatic heterocycles. The summed E-state index contributed by atoms with van der Waals surface area (Å²) in [6, 6.07) is 25.8. The summed E-state index contributed by atoms with van der Waals surface area (Å²) >= 11 is 0. The van der Waals surface area contributed by atoms with E-state index in [4.69, 9.17) is 9.47 Å². The van der Waals surface area contributed by atoms with Crippen molar-refractivity contribution >= 4 is 17.5 Å². The number of carbonyl (C=O) groups excluding carboxylic acids is 2. The number of benzene rings is 3. The predicted octanol–water partition coefficient (Wildman–Crippen LogP) is 3.83. The zero-order valence-corrected chi connectivity index (χ0v) is 22.3. The van der Waals surface area contributed by atoms with Crippen LogP contribution in [0.15, 0.2) is 78.9 Å². The molecule has 3 heterocycles. The molecular weight excluding hydrogens is 492 g/mol. The molecule has 6 rings (SSSR count). The average Bonchev–Trinajstić information content (AvgIpc) is 3.24. The number of fused-ring (bicyclic) bond motifs is 1. The maximum absolute atomic E-state index is 14.0. The third-order valence-corrected chi connectivity index (χ3v) is 8.25. The summed E-state index contributed by atoms with van der Waals surface area (Å²) in [5, 5.41) is 0. The van der Waals surface area contributed by atoms with E-state index in [1.807, 2.05) is 41.3 Å². The smallest absolute Gasteiger partial charge is 0.260 e. The van der Waals surface area contributed by atoms with Crippen LogP contribution in [0.1, 0.15) is 28.8 Å². The first-order chi connectivity index (χ1) is 19.1. The molecule has 2 fully saturated rings. The van der Waals surface area contributed by atoms with E-state index < -0.39 is 5.54 Å². The Balaban J connectivity index is 1.13. The van der Waals surface area contributed by atoms with Crippen molar-refractivity contribution < 1.29 is 19.1 Å². The molecule has 0 radical (unpaired) electrons. The number of hydrogen-bond donors (Lipinski definition) is 0. The molecule has 2 amide bonds. The Morgan fingerprint density at radius 1 is 0.872 bits per heavy atom.